The van der Waals surface area contributed by atoms with E-state index in [9.17, 15) is 14.4 Å². The summed E-state index contributed by atoms with van der Waals surface area (Å²) in [4.78, 5) is 40.8. The number of carbonyl (C=O) groups is 2. The minimum Gasteiger partial charge on any atom is -0.482 e. The van der Waals surface area contributed by atoms with Gasteiger partial charge in [-0.3, -0.25) is 9.59 Å². The van der Waals surface area contributed by atoms with Crippen LogP contribution in [-0.4, -0.2) is 28.8 Å². The van der Waals surface area contributed by atoms with Crippen molar-refractivity contribution in [1.82, 2.24) is 9.97 Å². The fourth-order valence-corrected chi connectivity index (χ4v) is 2.69. The Hall–Kier alpha value is -3.00. The van der Waals surface area contributed by atoms with Gasteiger partial charge in [0, 0.05) is 5.56 Å². The van der Waals surface area contributed by atoms with Gasteiger partial charge in [-0.05, 0) is 35.7 Å². The Balaban J connectivity index is 1.54. The number of aldehydes is 1. The van der Waals surface area contributed by atoms with E-state index in [1.54, 1.807) is 35.7 Å². The second-order valence-electron chi connectivity index (χ2n) is 4.78. The zero-order valence-electron chi connectivity index (χ0n) is 12.4. The van der Waals surface area contributed by atoms with E-state index < -0.39 is 5.97 Å². The third kappa shape index (κ3) is 3.66. The molecular formula is C16H12N2O5S. The highest BCUT2D eigenvalue weighted by Crippen LogP contribution is 2.14. The lowest BCUT2D eigenvalue weighted by molar-refractivity contribution is -0.147. The van der Waals surface area contributed by atoms with E-state index in [2.05, 4.69) is 9.97 Å². The van der Waals surface area contributed by atoms with Crippen molar-refractivity contribution in [2.45, 2.75) is 6.61 Å². The molecule has 2 heterocycles. The lowest BCUT2D eigenvalue weighted by Crippen LogP contribution is -2.17. The van der Waals surface area contributed by atoms with Gasteiger partial charge < -0.3 is 14.5 Å². The molecular weight excluding hydrogens is 332 g/mol. The van der Waals surface area contributed by atoms with Crippen LogP contribution in [0.2, 0.25) is 0 Å². The third-order valence-electron chi connectivity index (χ3n) is 3.11. The first kappa shape index (κ1) is 15.9. The number of H-pyrrole nitrogens is 1. The average Bonchev–Trinajstić information content (AvgIpc) is 3.08. The van der Waals surface area contributed by atoms with Crippen molar-refractivity contribution in [1.29, 1.82) is 0 Å². The van der Waals surface area contributed by atoms with E-state index in [-0.39, 0.29) is 24.6 Å². The number of aromatic nitrogens is 2. The van der Waals surface area contributed by atoms with E-state index in [1.807, 2.05) is 0 Å². The number of thiophene rings is 1. The second kappa shape index (κ2) is 7.05. The van der Waals surface area contributed by atoms with Gasteiger partial charge in [-0.15, -0.1) is 11.3 Å². The Morgan fingerprint density at radius 3 is 2.79 bits per heavy atom. The molecule has 0 bridgehead atoms. The quantitative estimate of drug-likeness (QED) is 0.542. The summed E-state index contributed by atoms with van der Waals surface area (Å²) < 4.78 is 10.8. The third-order valence-corrected chi connectivity index (χ3v) is 4.01. The summed E-state index contributed by atoms with van der Waals surface area (Å²) in [7, 11) is 0. The SMILES string of the molecule is O=Cc1ccc(OCC(=O)OCc2nc3ccsc3c(=O)[nH]2)cc1. The Bertz CT molecular complexity index is 930. The first-order valence-electron chi connectivity index (χ1n) is 6.96. The molecule has 24 heavy (non-hydrogen) atoms. The molecule has 0 saturated heterocycles. The fraction of sp³-hybridized carbons (Fsp3) is 0.125. The van der Waals surface area contributed by atoms with Gasteiger partial charge in [-0.2, -0.15) is 0 Å². The van der Waals surface area contributed by atoms with Gasteiger partial charge in [0.2, 0.25) is 0 Å². The lowest BCUT2D eigenvalue weighted by Gasteiger charge is -2.07. The number of hydrogen-bond acceptors (Lipinski definition) is 7. The zero-order valence-corrected chi connectivity index (χ0v) is 13.2. The van der Waals surface area contributed by atoms with Crippen LogP contribution in [0.3, 0.4) is 0 Å². The van der Waals surface area contributed by atoms with Crippen LogP contribution in [0.5, 0.6) is 5.75 Å². The first-order valence-corrected chi connectivity index (χ1v) is 7.84. The monoisotopic (exact) mass is 344 g/mol. The molecule has 122 valence electrons. The van der Waals surface area contributed by atoms with E-state index in [0.29, 0.717) is 21.5 Å². The van der Waals surface area contributed by atoms with Gasteiger partial charge in [-0.1, -0.05) is 0 Å². The summed E-state index contributed by atoms with van der Waals surface area (Å²) in [6, 6.07) is 8.06. The van der Waals surface area contributed by atoms with Gasteiger partial charge in [0.15, 0.2) is 6.61 Å². The van der Waals surface area contributed by atoms with Gasteiger partial charge >= 0.3 is 5.97 Å². The standard InChI is InChI=1S/C16H12N2O5S/c19-7-10-1-3-11(4-2-10)22-9-14(20)23-8-13-17-12-5-6-24-15(12)16(21)18-13/h1-7H,8-9H2,(H,17,18,21). The molecule has 3 aromatic rings. The minimum atomic E-state index is -0.595. The van der Waals surface area contributed by atoms with Crippen LogP contribution >= 0.6 is 11.3 Å². The number of carbonyl (C=O) groups excluding carboxylic acids is 2. The second-order valence-corrected chi connectivity index (χ2v) is 5.70. The van der Waals surface area contributed by atoms with Crippen molar-refractivity contribution in [3.05, 3.63) is 57.5 Å². The predicted octanol–water partition coefficient (Wildman–Crippen LogP) is 1.92. The number of esters is 1. The summed E-state index contributed by atoms with van der Waals surface area (Å²) in [6.07, 6.45) is 0.718. The van der Waals surface area contributed by atoms with Gasteiger partial charge in [-0.25, -0.2) is 9.78 Å². The molecule has 3 rings (SSSR count). The summed E-state index contributed by atoms with van der Waals surface area (Å²) in [6.45, 7) is -0.432. The molecule has 0 spiro atoms. The van der Waals surface area contributed by atoms with Crippen LogP contribution in [0.25, 0.3) is 10.2 Å². The lowest BCUT2D eigenvalue weighted by atomic mass is 10.2. The average molecular weight is 344 g/mol. The molecule has 0 saturated carbocycles. The smallest absolute Gasteiger partial charge is 0.344 e. The van der Waals surface area contributed by atoms with Crippen LogP contribution in [-0.2, 0) is 16.1 Å². The number of nitrogens with zero attached hydrogens (tertiary/aromatic N) is 1. The summed E-state index contributed by atoms with van der Waals surface area (Å²) >= 11 is 1.30. The number of ether oxygens (including phenoxy) is 2. The predicted molar refractivity (Wildman–Crippen MR) is 87.4 cm³/mol. The topological polar surface area (TPSA) is 98.3 Å². The van der Waals surface area contributed by atoms with Crippen LogP contribution in [0, 0.1) is 0 Å². The molecule has 7 nitrogen and oxygen atoms in total. The van der Waals surface area contributed by atoms with Crippen molar-refractivity contribution in [3.8, 4) is 5.75 Å². The van der Waals surface area contributed by atoms with Crippen LogP contribution in [0.1, 0.15) is 16.2 Å². The highest BCUT2D eigenvalue weighted by Gasteiger charge is 2.09. The number of aromatic amines is 1. The van der Waals surface area contributed by atoms with E-state index in [1.165, 1.54) is 11.3 Å². The molecule has 1 aromatic carbocycles. The molecule has 0 fully saturated rings. The summed E-state index contributed by atoms with van der Waals surface area (Å²) in [5, 5.41) is 1.77. The largest absolute Gasteiger partial charge is 0.482 e. The molecule has 2 aromatic heterocycles. The minimum absolute atomic E-state index is 0.146. The molecule has 0 unspecified atom stereocenters. The van der Waals surface area contributed by atoms with Crippen molar-refractivity contribution in [2.75, 3.05) is 6.61 Å². The Labute approximate surface area is 139 Å². The van der Waals surface area contributed by atoms with Crippen molar-refractivity contribution >= 4 is 33.8 Å². The Kier molecular flexibility index (Phi) is 4.66. The van der Waals surface area contributed by atoms with E-state index >= 15 is 0 Å². The number of rotatable bonds is 6. The maximum atomic E-state index is 11.8. The summed E-state index contributed by atoms with van der Waals surface area (Å²) in [5.74, 6) is 0.126. The van der Waals surface area contributed by atoms with Gasteiger partial charge in [0.25, 0.3) is 5.56 Å². The maximum absolute atomic E-state index is 11.8. The molecule has 0 amide bonds. The van der Waals surface area contributed by atoms with Crippen LogP contribution in [0.15, 0.2) is 40.5 Å². The van der Waals surface area contributed by atoms with Gasteiger partial charge in [0.1, 0.15) is 29.2 Å². The Morgan fingerprint density at radius 1 is 1.25 bits per heavy atom. The summed E-state index contributed by atoms with van der Waals surface area (Å²) in [5.41, 5.74) is 0.831. The zero-order chi connectivity index (χ0) is 16.9. The van der Waals surface area contributed by atoms with Crippen molar-refractivity contribution in [3.63, 3.8) is 0 Å². The molecule has 0 aliphatic heterocycles. The number of nitrogens with one attached hydrogen (secondary N) is 1. The van der Waals surface area contributed by atoms with E-state index in [0.717, 1.165) is 6.29 Å². The molecule has 0 aliphatic carbocycles. The highest BCUT2D eigenvalue weighted by atomic mass is 32.1. The van der Waals surface area contributed by atoms with Crippen LogP contribution < -0.4 is 10.3 Å². The van der Waals surface area contributed by atoms with Gasteiger partial charge in [0.05, 0.1) is 5.52 Å². The molecule has 0 aliphatic rings. The molecule has 0 atom stereocenters. The highest BCUT2D eigenvalue weighted by molar-refractivity contribution is 7.17. The molecule has 0 radical (unpaired) electrons. The number of hydrogen-bond donors (Lipinski definition) is 1. The maximum Gasteiger partial charge on any atom is 0.344 e. The number of fused-ring (bicyclic) bond motifs is 1. The molecule has 8 heteroatoms. The normalized spacial score (nSPS) is 10.5. The van der Waals surface area contributed by atoms with Crippen molar-refractivity contribution < 1.29 is 19.1 Å². The van der Waals surface area contributed by atoms with Crippen molar-refractivity contribution in [2.24, 2.45) is 0 Å². The first-order chi connectivity index (χ1) is 11.7. The Morgan fingerprint density at radius 2 is 2.04 bits per heavy atom. The molecule has 1 N–H and O–H groups in total. The van der Waals surface area contributed by atoms with Crippen LogP contribution in [0.4, 0.5) is 0 Å². The fourth-order valence-electron chi connectivity index (χ4n) is 1.97. The van der Waals surface area contributed by atoms with E-state index in [4.69, 9.17) is 9.47 Å². The number of benzene rings is 1.